The number of anilines is 3. The highest BCUT2D eigenvalue weighted by atomic mass is 16.6. The molecule has 8 nitrogen and oxygen atoms in total. The Labute approximate surface area is 165 Å². The van der Waals surface area contributed by atoms with Crippen LogP contribution in [0.4, 0.5) is 22.2 Å². The quantitative estimate of drug-likeness (QED) is 0.818. The Morgan fingerprint density at radius 1 is 1.11 bits per heavy atom. The van der Waals surface area contributed by atoms with Gasteiger partial charge in [-0.25, -0.2) is 9.78 Å². The van der Waals surface area contributed by atoms with Crippen molar-refractivity contribution in [3.63, 3.8) is 0 Å². The number of carbonyl (C=O) groups is 1. The third-order valence-electron chi connectivity index (χ3n) is 4.40. The maximum Gasteiger partial charge on any atom is 0.409 e. The van der Waals surface area contributed by atoms with E-state index in [-0.39, 0.29) is 6.09 Å². The summed E-state index contributed by atoms with van der Waals surface area (Å²) in [5.41, 5.74) is 1.70. The van der Waals surface area contributed by atoms with Gasteiger partial charge >= 0.3 is 6.09 Å². The second-order valence-electron chi connectivity index (χ2n) is 6.42. The summed E-state index contributed by atoms with van der Waals surface area (Å²) in [6, 6.07) is 9.68. The van der Waals surface area contributed by atoms with Gasteiger partial charge in [-0.3, -0.25) is 0 Å². The zero-order chi connectivity index (χ0) is 19.9. The van der Waals surface area contributed by atoms with Crippen LogP contribution in [0.3, 0.4) is 0 Å². The maximum absolute atomic E-state index is 11.9. The van der Waals surface area contributed by atoms with Gasteiger partial charge in [-0.2, -0.15) is 4.98 Å². The van der Waals surface area contributed by atoms with Gasteiger partial charge in [0.1, 0.15) is 11.6 Å². The number of rotatable bonds is 6. The molecule has 1 aliphatic rings. The molecule has 2 aromatic rings. The topological polar surface area (TPSA) is 79.8 Å². The molecule has 0 spiro atoms. The molecule has 150 valence electrons. The molecule has 1 amide bonds. The fraction of sp³-hybridized carbons (Fsp3) is 0.450. The first-order valence-electron chi connectivity index (χ1n) is 9.62. The molecule has 1 aliphatic heterocycles. The van der Waals surface area contributed by atoms with Gasteiger partial charge in [0.25, 0.3) is 0 Å². The highest BCUT2D eigenvalue weighted by Crippen LogP contribution is 2.27. The molecule has 0 atom stereocenters. The lowest BCUT2D eigenvalue weighted by atomic mass is 10.3. The molecule has 0 bridgehead atoms. The third-order valence-corrected chi connectivity index (χ3v) is 4.40. The molecule has 1 saturated heterocycles. The molecule has 1 aromatic heterocycles. The number of nitrogens with one attached hydrogen (secondary N) is 1. The van der Waals surface area contributed by atoms with Crippen LogP contribution in [0.5, 0.6) is 5.75 Å². The van der Waals surface area contributed by atoms with Gasteiger partial charge in [0.15, 0.2) is 0 Å². The lowest BCUT2D eigenvalue weighted by Gasteiger charge is -2.34. The van der Waals surface area contributed by atoms with Crippen LogP contribution in [-0.4, -0.2) is 60.4 Å². The van der Waals surface area contributed by atoms with Gasteiger partial charge in [-0.1, -0.05) is 12.1 Å². The average molecular weight is 385 g/mol. The van der Waals surface area contributed by atoms with E-state index >= 15 is 0 Å². The largest absolute Gasteiger partial charge is 0.492 e. The molecular formula is C20H27N5O3. The highest BCUT2D eigenvalue weighted by molar-refractivity contribution is 5.68. The van der Waals surface area contributed by atoms with Crippen LogP contribution in [0, 0.1) is 6.92 Å². The summed E-state index contributed by atoms with van der Waals surface area (Å²) in [5, 5.41) is 3.26. The number of benzene rings is 1. The van der Waals surface area contributed by atoms with Crippen molar-refractivity contribution in [3.05, 3.63) is 36.0 Å². The van der Waals surface area contributed by atoms with Crippen LogP contribution >= 0.6 is 0 Å². The minimum absolute atomic E-state index is 0.254. The number of amides is 1. The number of carbonyl (C=O) groups excluding carboxylic acids is 1. The lowest BCUT2D eigenvalue weighted by Crippen LogP contribution is -2.49. The fourth-order valence-corrected chi connectivity index (χ4v) is 3.07. The van der Waals surface area contributed by atoms with Gasteiger partial charge in [0.05, 0.1) is 18.9 Å². The zero-order valence-corrected chi connectivity index (χ0v) is 16.6. The first kappa shape index (κ1) is 19.7. The second kappa shape index (κ2) is 9.25. The summed E-state index contributed by atoms with van der Waals surface area (Å²) in [4.78, 5) is 24.9. The van der Waals surface area contributed by atoms with Crippen molar-refractivity contribution in [2.24, 2.45) is 0 Å². The minimum atomic E-state index is -0.254. The third kappa shape index (κ3) is 4.82. The molecule has 0 radical (unpaired) electrons. The molecule has 0 saturated carbocycles. The standard InChI is InChI=1S/C20H27N5O3/c1-4-27-17-9-7-6-8-16(17)22-19-21-15(3)14-18(23-19)24-10-12-25(13-11-24)20(26)28-5-2/h6-9,14H,4-5,10-13H2,1-3H3,(H,21,22,23). The Bertz CT molecular complexity index is 806. The van der Waals surface area contributed by atoms with E-state index in [1.165, 1.54) is 0 Å². The molecule has 2 heterocycles. The SMILES string of the molecule is CCOC(=O)N1CCN(c2cc(C)nc(Nc3ccccc3OCC)n2)CC1. The number of ether oxygens (including phenoxy) is 2. The Kier molecular flexibility index (Phi) is 6.52. The van der Waals surface area contributed by atoms with Crippen molar-refractivity contribution in [1.82, 2.24) is 14.9 Å². The number of piperazine rings is 1. The molecule has 1 aromatic carbocycles. The van der Waals surface area contributed by atoms with Crippen molar-refractivity contribution in [2.45, 2.75) is 20.8 Å². The van der Waals surface area contributed by atoms with E-state index in [4.69, 9.17) is 9.47 Å². The van der Waals surface area contributed by atoms with Crippen molar-refractivity contribution < 1.29 is 14.3 Å². The van der Waals surface area contributed by atoms with Crippen molar-refractivity contribution >= 4 is 23.5 Å². The summed E-state index contributed by atoms with van der Waals surface area (Å²) in [6.07, 6.45) is -0.254. The van der Waals surface area contributed by atoms with E-state index < -0.39 is 0 Å². The zero-order valence-electron chi connectivity index (χ0n) is 16.6. The molecule has 1 N–H and O–H groups in total. The van der Waals surface area contributed by atoms with E-state index in [0.29, 0.717) is 45.3 Å². The van der Waals surface area contributed by atoms with E-state index in [2.05, 4.69) is 20.2 Å². The van der Waals surface area contributed by atoms with Crippen LogP contribution < -0.4 is 15.0 Å². The van der Waals surface area contributed by atoms with Crippen LogP contribution in [0.1, 0.15) is 19.5 Å². The normalized spacial score (nSPS) is 14.0. The molecule has 3 rings (SSSR count). The first-order chi connectivity index (χ1) is 13.6. The van der Waals surface area contributed by atoms with Crippen LogP contribution in [0.2, 0.25) is 0 Å². The molecule has 0 unspecified atom stereocenters. The Balaban J connectivity index is 1.72. The van der Waals surface area contributed by atoms with Crippen LogP contribution in [0.15, 0.2) is 30.3 Å². The molecule has 28 heavy (non-hydrogen) atoms. The Morgan fingerprint density at radius 3 is 2.57 bits per heavy atom. The number of hydrogen-bond acceptors (Lipinski definition) is 7. The highest BCUT2D eigenvalue weighted by Gasteiger charge is 2.23. The van der Waals surface area contributed by atoms with Crippen molar-refractivity contribution in [1.29, 1.82) is 0 Å². The second-order valence-corrected chi connectivity index (χ2v) is 6.42. The van der Waals surface area contributed by atoms with E-state index in [0.717, 1.165) is 22.9 Å². The molecule has 1 fully saturated rings. The predicted octanol–water partition coefficient (Wildman–Crippen LogP) is 3.21. The summed E-state index contributed by atoms with van der Waals surface area (Å²) in [5.74, 6) is 2.13. The molecular weight excluding hydrogens is 358 g/mol. The number of para-hydroxylation sites is 2. The summed E-state index contributed by atoms with van der Waals surface area (Å²) >= 11 is 0. The lowest BCUT2D eigenvalue weighted by molar-refractivity contribution is 0.105. The fourth-order valence-electron chi connectivity index (χ4n) is 3.07. The smallest absolute Gasteiger partial charge is 0.409 e. The van der Waals surface area contributed by atoms with Crippen LogP contribution in [-0.2, 0) is 4.74 Å². The van der Waals surface area contributed by atoms with Crippen molar-refractivity contribution in [3.8, 4) is 5.75 Å². The molecule has 8 heteroatoms. The van der Waals surface area contributed by atoms with Crippen LogP contribution in [0.25, 0.3) is 0 Å². The summed E-state index contributed by atoms with van der Waals surface area (Å²) in [6.45, 7) is 9.31. The molecule has 0 aliphatic carbocycles. The van der Waals surface area contributed by atoms with Gasteiger partial charge in [0, 0.05) is 37.9 Å². The maximum atomic E-state index is 11.9. The van der Waals surface area contributed by atoms with E-state index in [9.17, 15) is 4.79 Å². The van der Waals surface area contributed by atoms with Gasteiger partial charge in [-0.05, 0) is 32.9 Å². The number of nitrogens with zero attached hydrogens (tertiary/aromatic N) is 4. The number of aromatic nitrogens is 2. The minimum Gasteiger partial charge on any atom is -0.492 e. The van der Waals surface area contributed by atoms with Gasteiger partial charge < -0.3 is 24.6 Å². The number of hydrogen-bond donors (Lipinski definition) is 1. The average Bonchev–Trinajstić information content (AvgIpc) is 2.69. The predicted molar refractivity (Wildman–Crippen MR) is 108 cm³/mol. The van der Waals surface area contributed by atoms with Crippen molar-refractivity contribution in [2.75, 3.05) is 49.6 Å². The van der Waals surface area contributed by atoms with E-state index in [1.807, 2.05) is 51.1 Å². The first-order valence-corrected chi connectivity index (χ1v) is 9.62. The van der Waals surface area contributed by atoms with Gasteiger partial charge in [0.2, 0.25) is 5.95 Å². The van der Waals surface area contributed by atoms with E-state index in [1.54, 1.807) is 4.90 Å². The van der Waals surface area contributed by atoms with Gasteiger partial charge in [-0.15, -0.1) is 0 Å². The monoisotopic (exact) mass is 385 g/mol. The Morgan fingerprint density at radius 2 is 1.86 bits per heavy atom. The number of aryl methyl sites for hydroxylation is 1. The summed E-state index contributed by atoms with van der Waals surface area (Å²) in [7, 11) is 0. The summed E-state index contributed by atoms with van der Waals surface area (Å²) < 4.78 is 10.7. The Hall–Kier alpha value is -3.03.